The fourth-order valence-corrected chi connectivity index (χ4v) is 6.94. The van der Waals surface area contributed by atoms with Crippen molar-refractivity contribution in [3.63, 3.8) is 0 Å². The summed E-state index contributed by atoms with van der Waals surface area (Å²) in [6.07, 6.45) is 3.18. The Hall–Kier alpha value is -5.06. The van der Waals surface area contributed by atoms with Gasteiger partial charge in [0.25, 0.3) is 5.56 Å². The maximum absolute atomic E-state index is 14.1. The van der Waals surface area contributed by atoms with Crippen LogP contribution in [0.2, 0.25) is 5.02 Å². The molecule has 1 aliphatic rings. The number of hydrogen-bond acceptors (Lipinski definition) is 9. The van der Waals surface area contributed by atoms with Crippen molar-refractivity contribution in [2.75, 3.05) is 26.9 Å². The van der Waals surface area contributed by atoms with Crippen molar-refractivity contribution >= 4 is 45.8 Å². The van der Waals surface area contributed by atoms with Crippen LogP contribution in [0.5, 0.6) is 23.0 Å². The molecule has 0 fully saturated rings. The van der Waals surface area contributed by atoms with E-state index < -0.39 is 12.0 Å². The Bertz CT molecular complexity index is 2240. The van der Waals surface area contributed by atoms with Gasteiger partial charge in [0.2, 0.25) is 0 Å². The minimum atomic E-state index is -0.811. The third-order valence-corrected chi connectivity index (χ3v) is 9.11. The van der Waals surface area contributed by atoms with E-state index in [2.05, 4.69) is 29.3 Å². The van der Waals surface area contributed by atoms with Crippen LogP contribution < -0.4 is 33.8 Å². The highest BCUT2D eigenvalue weighted by Crippen LogP contribution is 2.38. The van der Waals surface area contributed by atoms with Crippen molar-refractivity contribution in [2.45, 2.75) is 33.4 Å². The van der Waals surface area contributed by atoms with Gasteiger partial charge in [0.15, 0.2) is 27.8 Å². The van der Waals surface area contributed by atoms with E-state index in [0.29, 0.717) is 74.9 Å². The largest absolute Gasteiger partial charge is 0.490 e. The highest BCUT2D eigenvalue weighted by Gasteiger charge is 2.31. The number of benzene rings is 4. The van der Waals surface area contributed by atoms with Crippen LogP contribution >= 0.6 is 22.9 Å². The Morgan fingerprint density at radius 2 is 1.61 bits per heavy atom. The molecule has 6 rings (SSSR count). The van der Waals surface area contributed by atoms with Crippen LogP contribution in [0.25, 0.3) is 16.8 Å². The second-order valence-electron chi connectivity index (χ2n) is 11.0. The number of nitrogens with zero attached hydrogens (tertiary/aromatic N) is 2. The van der Waals surface area contributed by atoms with Gasteiger partial charge in [0.1, 0.15) is 6.61 Å². The van der Waals surface area contributed by atoms with E-state index in [9.17, 15) is 9.59 Å². The van der Waals surface area contributed by atoms with Crippen LogP contribution in [0, 0.1) is 0 Å². The average Bonchev–Trinajstić information content (AvgIpc) is 3.42. The molecule has 0 unspecified atom stereocenters. The van der Waals surface area contributed by atoms with Crippen LogP contribution in [0.1, 0.15) is 43.5 Å². The van der Waals surface area contributed by atoms with Gasteiger partial charge in [-0.2, -0.15) is 0 Å². The molecule has 0 aliphatic carbocycles. The Kier molecular flexibility index (Phi) is 10.4. The molecule has 0 saturated heterocycles. The number of thiazole rings is 1. The second kappa shape index (κ2) is 15.0. The van der Waals surface area contributed by atoms with E-state index in [1.165, 1.54) is 29.2 Å². The standard InChI is InChI=1S/C38H35ClN2O7S/c1-5-45-30-15-14-27(20-31(30)46-6-2)34-28(37(43)44-4)21-40-38-41(34)36(42)33(49-38)19-24-17-29(39)35(32(18-24)47-7-3)48-22-23-12-13-25-10-8-9-11-26(25)16-23/h8-21,34H,5-7,22H2,1-4H3/b33-19-/t34-/m0/s1. The van der Waals surface area contributed by atoms with E-state index in [0.717, 1.165) is 16.3 Å². The van der Waals surface area contributed by atoms with Crippen LogP contribution in [-0.2, 0) is 16.1 Å². The molecule has 0 radical (unpaired) electrons. The smallest absolute Gasteiger partial charge is 0.337 e. The molecular weight excluding hydrogens is 664 g/mol. The zero-order chi connectivity index (χ0) is 34.5. The monoisotopic (exact) mass is 698 g/mol. The van der Waals surface area contributed by atoms with Crippen LogP contribution in [0.4, 0.5) is 0 Å². The van der Waals surface area contributed by atoms with E-state index in [-0.39, 0.29) is 11.1 Å². The lowest BCUT2D eigenvalue weighted by molar-refractivity contribution is -0.136. The molecule has 2 heterocycles. The predicted octanol–water partition coefficient (Wildman–Crippen LogP) is 6.60. The maximum Gasteiger partial charge on any atom is 0.337 e. The van der Waals surface area contributed by atoms with Gasteiger partial charge in [-0.05, 0) is 84.6 Å². The van der Waals surface area contributed by atoms with Gasteiger partial charge in [-0.1, -0.05) is 65.4 Å². The molecule has 49 heavy (non-hydrogen) atoms. The lowest BCUT2D eigenvalue weighted by Crippen LogP contribution is -2.39. The topological polar surface area (TPSA) is 97.6 Å². The Labute approximate surface area is 292 Å². The first kappa shape index (κ1) is 33.8. The van der Waals surface area contributed by atoms with Crippen LogP contribution in [0.3, 0.4) is 0 Å². The third kappa shape index (κ3) is 7.06. The van der Waals surface area contributed by atoms with Crippen LogP contribution in [-0.4, -0.2) is 37.5 Å². The molecule has 0 amide bonds. The quantitative estimate of drug-likeness (QED) is 0.136. The zero-order valence-electron chi connectivity index (χ0n) is 27.5. The zero-order valence-corrected chi connectivity index (χ0v) is 29.1. The van der Waals surface area contributed by atoms with E-state index in [1.807, 2.05) is 45.0 Å². The van der Waals surface area contributed by atoms with Gasteiger partial charge >= 0.3 is 5.97 Å². The third-order valence-electron chi connectivity index (χ3n) is 7.83. The lowest BCUT2D eigenvalue weighted by Gasteiger charge is -2.23. The molecule has 0 saturated carbocycles. The SMILES string of the molecule is CCOc1ccc([C@H]2C(C(=O)OC)=CN=c3s/c(=C\c4cc(Cl)c(OCc5ccc6ccccc6c5)c(OCC)c4)c(=O)n32)cc1OCC. The molecule has 4 aromatic carbocycles. The van der Waals surface area contributed by atoms with E-state index in [1.54, 1.807) is 30.3 Å². The first-order valence-electron chi connectivity index (χ1n) is 15.9. The van der Waals surface area contributed by atoms with Crippen molar-refractivity contribution in [1.29, 1.82) is 0 Å². The minimum Gasteiger partial charge on any atom is -0.490 e. The normalized spacial score (nSPS) is 14.1. The molecule has 0 N–H and O–H groups in total. The minimum absolute atomic E-state index is 0.211. The summed E-state index contributed by atoms with van der Waals surface area (Å²) < 4.78 is 30.7. The number of hydrogen-bond donors (Lipinski definition) is 0. The van der Waals surface area contributed by atoms with E-state index in [4.69, 9.17) is 35.3 Å². The molecule has 0 bridgehead atoms. The molecule has 5 aromatic rings. The number of rotatable bonds is 12. The van der Waals surface area contributed by atoms with Gasteiger partial charge < -0.3 is 23.7 Å². The summed E-state index contributed by atoms with van der Waals surface area (Å²) in [4.78, 5) is 32.0. The summed E-state index contributed by atoms with van der Waals surface area (Å²) in [6, 6.07) is 22.4. The summed E-state index contributed by atoms with van der Waals surface area (Å²) in [5.74, 6) is 1.35. The molecule has 1 atom stereocenters. The number of methoxy groups -OCH3 is 1. The molecule has 9 nitrogen and oxygen atoms in total. The fourth-order valence-electron chi connectivity index (χ4n) is 5.70. The number of halogens is 1. The molecule has 1 aromatic heterocycles. The lowest BCUT2D eigenvalue weighted by atomic mass is 9.97. The highest BCUT2D eigenvalue weighted by atomic mass is 35.5. The summed E-state index contributed by atoms with van der Waals surface area (Å²) >= 11 is 7.98. The van der Waals surface area contributed by atoms with Crippen molar-refractivity contribution in [1.82, 2.24) is 4.57 Å². The summed E-state index contributed by atoms with van der Waals surface area (Å²) in [6.45, 7) is 7.18. The van der Waals surface area contributed by atoms with E-state index >= 15 is 0 Å². The first-order chi connectivity index (χ1) is 23.8. The number of carbonyl (C=O) groups is 1. The summed E-state index contributed by atoms with van der Waals surface area (Å²) in [5, 5.41) is 2.61. The summed E-state index contributed by atoms with van der Waals surface area (Å²) in [5.41, 5.74) is 2.15. The Balaban J connectivity index is 1.38. The first-order valence-corrected chi connectivity index (χ1v) is 17.1. The molecule has 11 heteroatoms. The predicted molar refractivity (Wildman–Crippen MR) is 191 cm³/mol. The maximum atomic E-state index is 14.1. The number of esters is 1. The van der Waals surface area contributed by atoms with Gasteiger partial charge in [-0.25, -0.2) is 9.79 Å². The van der Waals surface area contributed by atoms with Crippen molar-refractivity contribution in [2.24, 2.45) is 4.99 Å². The summed E-state index contributed by atoms with van der Waals surface area (Å²) in [7, 11) is 1.30. The molecule has 0 spiro atoms. The molecular formula is C38H35ClN2O7S. The van der Waals surface area contributed by atoms with Gasteiger partial charge in [-0.3, -0.25) is 9.36 Å². The average molecular weight is 699 g/mol. The number of carbonyl (C=O) groups excluding carboxylic acids is 1. The molecule has 1 aliphatic heterocycles. The van der Waals surface area contributed by atoms with Gasteiger partial charge in [0, 0.05) is 6.20 Å². The van der Waals surface area contributed by atoms with Crippen molar-refractivity contribution in [3.05, 3.63) is 126 Å². The molecule has 252 valence electrons. The Morgan fingerprint density at radius 3 is 2.37 bits per heavy atom. The second-order valence-corrected chi connectivity index (χ2v) is 12.4. The number of ether oxygens (including phenoxy) is 5. The number of fused-ring (bicyclic) bond motifs is 2. The van der Waals surface area contributed by atoms with Gasteiger partial charge in [-0.15, -0.1) is 0 Å². The van der Waals surface area contributed by atoms with Gasteiger partial charge in [0.05, 0.1) is 48.1 Å². The highest BCUT2D eigenvalue weighted by molar-refractivity contribution is 7.07. The van der Waals surface area contributed by atoms with Crippen molar-refractivity contribution < 1.29 is 28.5 Å². The van der Waals surface area contributed by atoms with Crippen molar-refractivity contribution in [3.8, 4) is 23.0 Å². The van der Waals surface area contributed by atoms with Crippen LogP contribution in [0.15, 0.2) is 94.4 Å². The Morgan fingerprint density at radius 1 is 0.878 bits per heavy atom. The number of aromatic nitrogens is 1. The fraction of sp³-hybridized carbons (Fsp3) is 0.237.